The van der Waals surface area contributed by atoms with Crippen LogP contribution in [0.4, 0.5) is 0 Å². The molecule has 1 heterocycles. The molecule has 4 nitrogen and oxygen atoms in total. The van der Waals surface area contributed by atoms with E-state index in [-0.39, 0.29) is 11.5 Å². The lowest BCUT2D eigenvalue weighted by Crippen LogP contribution is -2.27. The van der Waals surface area contributed by atoms with Gasteiger partial charge in [-0.05, 0) is 32.1 Å². The Bertz CT molecular complexity index is 579. The fourth-order valence-electron chi connectivity index (χ4n) is 3.98. The smallest absolute Gasteiger partial charge is 0.227 e. The molecule has 1 unspecified atom stereocenters. The summed E-state index contributed by atoms with van der Waals surface area (Å²) >= 11 is 0. The van der Waals surface area contributed by atoms with Crippen molar-refractivity contribution in [3.8, 4) is 5.75 Å². The van der Waals surface area contributed by atoms with E-state index in [2.05, 4.69) is 11.9 Å². The van der Waals surface area contributed by atoms with Crippen molar-refractivity contribution in [1.29, 1.82) is 0 Å². The van der Waals surface area contributed by atoms with Gasteiger partial charge in [0.05, 0.1) is 24.6 Å². The molecule has 24 heavy (non-hydrogen) atoms. The summed E-state index contributed by atoms with van der Waals surface area (Å²) in [6.45, 7) is 4.14. The minimum Gasteiger partial charge on any atom is -0.491 e. The Balaban J connectivity index is 2.14. The number of aromatic amines is 1. The van der Waals surface area contributed by atoms with Crippen LogP contribution in [-0.2, 0) is 4.74 Å². The Kier molecular flexibility index (Phi) is 7.35. The van der Waals surface area contributed by atoms with E-state index in [1.807, 2.05) is 6.92 Å². The second-order valence-corrected chi connectivity index (χ2v) is 6.99. The average molecular weight is 335 g/mol. The molecule has 0 spiro atoms. The lowest BCUT2D eigenvalue weighted by molar-refractivity contribution is 0.0791. The molecular formula is C20H33NO3. The van der Waals surface area contributed by atoms with Gasteiger partial charge in [0, 0.05) is 12.7 Å². The second-order valence-electron chi connectivity index (χ2n) is 6.99. The number of H-pyrrole nitrogens is 1. The molecule has 2 rings (SSSR count). The Morgan fingerprint density at radius 1 is 1.08 bits per heavy atom. The van der Waals surface area contributed by atoms with Crippen LogP contribution in [0.25, 0.3) is 0 Å². The molecule has 1 aliphatic rings. The summed E-state index contributed by atoms with van der Waals surface area (Å²) in [5.74, 6) is 0.786. The van der Waals surface area contributed by atoms with Crippen molar-refractivity contribution in [2.75, 3.05) is 14.2 Å². The van der Waals surface area contributed by atoms with Gasteiger partial charge in [-0.25, -0.2) is 0 Å². The molecule has 0 saturated carbocycles. The first-order valence-corrected chi connectivity index (χ1v) is 9.47. The fourth-order valence-corrected chi connectivity index (χ4v) is 3.98. The van der Waals surface area contributed by atoms with Crippen LogP contribution in [0.3, 0.4) is 0 Å². The molecule has 0 fully saturated rings. The van der Waals surface area contributed by atoms with Gasteiger partial charge in [-0.15, -0.1) is 0 Å². The maximum atomic E-state index is 12.9. The van der Waals surface area contributed by atoms with E-state index in [0.717, 1.165) is 36.2 Å². The molecule has 0 radical (unpaired) electrons. The van der Waals surface area contributed by atoms with Gasteiger partial charge >= 0.3 is 0 Å². The number of hydrogen-bond donors (Lipinski definition) is 1. The lowest BCUT2D eigenvalue weighted by Gasteiger charge is -2.31. The highest BCUT2D eigenvalue weighted by molar-refractivity contribution is 5.39. The van der Waals surface area contributed by atoms with Crippen molar-refractivity contribution in [3.05, 3.63) is 27.2 Å². The van der Waals surface area contributed by atoms with Gasteiger partial charge in [-0.1, -0.05) is 45.4 Å². The van der Waals surface area contributed by atoms with Crippen molar-refractivity contribution in [1.82, 2.24) is 4.98 Å². The fraction of sp³-hybridized carbons (Fsp3) is 0.750. The molecule has 136 valence electrons. The average Bonchev–Trinajstić information content (AvgIpc) is 2.58. The molecule has 0 amide bonds. The topological polar surface area (TPSA) is 51.3 Å². The Morgan fingerprint density at radius 3 is 2.46 bits per heavy atom. The van der Waals surface area contributed by atoms with Gasteiger partial charge < -0.3 is 14.5 Å². The van der Waals surface area contributed by atoms with E-state index in [4.69, 9.17) is 9.47 Å². The number of pyridine rings is 1. The largest absolute Gasteiger partial charge is 0.491 e. The van der Waals surface area contributed by atoms with Crippen molar-refractivity contribution in [2.24, 2.45) is 0 Å². The van der Waals surface area contributed by atoms with Crippen LogP contribution < -0.4 is 10.2 Å². The predicted molar refractivity (Wildman–Crippen MR) is 98.1 cm³/mol. The number of nitrogens with one attached hydrogen (secondary N) is 1. The van der Waals surface area contributed by atoms with Crippen LogP contribution in [0.2, 0.25) is 0 Å². The summed E-state index contributed by atoms with van der Waals surface area (Å²) < 4.78 is 11.0. The first-order valence-electron chi connectivity index (χ1n) is 9.47. The van der Waals surface area contributed by atoms with E-state index in [1.165, 1.54) is 38.5 Å². The molecule has 1 aromatic heterocycles. The van der Waals surface area contributed by atoms with Gasteiger partial charge in [-0.2, -0.15) is 0 Å². The number of fused-ring (bicyclic) bond motifs is 1. The summed E-state index contributed by atoms with van der Waals surface area (Å²) in [6.07, 6.45) is 10.8. The third-order valence-electron chi connectivity index (χ3n) is 5.31. The highest BCUT2D eigenvalue weighted by Gasteiger charge is 2.31. The summed E-state index contributed by atoms with van der Waals surface area (Å²) in [7, 11) is 3.30. The zero-order chi connectivity index (χ0) is 17.5. The molecule has 4 heteroatoms. The third kappa shape index (κ3) is 4.21. The number of hydrogen-bond acceptors (Lipinski definition) is 3. The second kappa shape index (κ2) is 9.26. The van der Waals surface area contributed by atoms with Gasteiger partial charge in [0.2, 0.25) is 5.43 Å². The zero-order valence-electron chi connectivity index (χ0n) is 15.7. The molecule has 2 atom stereocenters. The van der Waals surface area contributed by atoms with Gasteiger partial charge in [0.1, 0.15) is 0 Å². The quantitative estimate of drug-likeness (QED) is 0.646. The van der Waals surface area contributed by atoms with Crippen LogP contribution in [0, 0.1) is 6.92 Å². The van der Waals surface area contributed by atoms with E-state index < -0.39 is 0 Å². The standard InChI is InChI=1S/C20H33NO3/c1-5-6-7-8-9-10-11-15-12-13-16(23-3)18-17(15)19(22)20(24-4)14(2)21-18/h15-16H,5-13H2,1-4H3,(H,21,22)/t15-,16?/m0/s1. The van der Waals surface area contributed by atoms with Crippen LogP contribution in [0.5, 0.6) is 5.75 Å². The molecule has 1 aliphatic carbocycles. The third-order valence-corrected chi connectivity index (χ3v) is 5.31. The van der Waals surface area contributed by atoms with Crippen LogP contribution in [0.15, 0.2) is 4.79 Å². The van der Waals surface area contributed by atoms with E-state index in [1.54, 1.807) is 14.2 Å². The monoisotopic (exact) mass is 335 g/mol. The molecule has 1 N–H and O–H groups in total. The van der Waals surface area contributed by atoms with E-state index in [0.29, 0.717) is 11.7 Å². The van der Waals surface area contributed by atoms with Crippen LogP contribution in [0.1, 0.15) is 93.7 Å². The number of aromatic nitrogens is 1. The Labute approximate surface area is 146 Å². The van der Waals surface area contributed by atoms with Crippen molar-refractivity contribution < 1.29 is 9.47 Å². The lowest BCUT2D eigenvalue weighted by atomic mass is 9.80. The maximum Gasteiger partial charge on any atom is 0.227 e. The Hall–Kier alpha value is -1.29. The summed E-state index contributed by atoms with van der Waals surface area (Å²) in [4.78, 5) is 16.3. The highest BCUT2D eigenvalue weighted by atomic mass is 16.5. The van der Waals surface area contributed by atoms with Crippen molar-refractivity contribution >= 4 is 0 Å². The molecule has 0 saturated heterocycles. The van der Waals surface area contributed by atoms with Crippen molar-refractivity contribution in [2.45, 2.75) is 83.7 Å². The zero-order valence-corrected chi connectivity index (χ0v) is 15.7. The molecule has 0 aromatic carbocycles. The maximum absolute atomic E-state index is 12.9. The van der Waals surface area contributed by atoms with Crippen LogP contribution >= 0.6 is 0 Å². The molecule has 0 aliphatic heterocycles. The summed E-state index contributed by atoms with van der Waals surface area (Å²) in [5, 5.41) is 0. The molecule has 1 aromatic rings. The molecular weight excluding hydrogens is 302 g/mol. The first-order chi connectivity index (χ1) is 11.6. The van der Waals surface area contributed by atoms with Gasteiger partial charge in [0.15, 0.2) is 5.75 Å². The minimum absolute atomic E-state index is 0.00175. The predicted octanol–water partition coefficient (Wildman–Crippen LogP) is 5.01. The van der Waals surface area contributed by atoms with Gasteiger partial charge in [0.25, 0.3) is 0 Å². The first kappa shape index (κ1) is 19.0. The number of ether oxygens (including phenoxy) is 2. The number of methoxy groups -OCH3 is 2. The normalized spacial score (nSPS) is 20.0. The van der Waals surface area contributed by atoms with E-state index in [9.17, 15) is 4.79 Å². The number of aryl methyl sites for hydroxylation is 1. The minimum atomic E-state index is -0.00175. The SMILES string of the molecule is CCCCCCCC[C@H]1CCC(OC)c2[nH]c(C)c(OC)c(=O)c21. The van der Waals surface area contributed by atoms with Gasteiger partial charge in [-0.3, -0.25) is 4.79 Å². The molecule has 0 bridgehead atoms. The summed E-state index contributed by atoms with van der Waals surface area (Å²) in [5.41, 5.74) is 2.73. The number of unbranched alkanes of at least 4 members (excludes halogenated alkanes) is 5. The Morgan fingerprint density at radius 2 is 1.79 bits per heavy atom. The van der Waals surface area contributed by atoms with Crippen LogP contribution in [-0.4, -0.2) is 19.2 Å². The summed E-state index contributed by atoms with van der Waals surface area (Å²) in [6, 6.07) is 0. The number of rotatable bonds is 9. The highest BCUT2D eigenvalue weighted by Crippen LogP contribution is 2.40. The van der Waals surface area contributed by atoms with Crippen molar-refractivity contribution in [3.63, 3.8) is 0 Å². The van der Waals surface area contributed by atoms with E-state index >= 15 is 0 Å².